The molecule has 0 aromatic carbocycles. The quantitative estimate of drug-likeness (QED) is 0.581. The SMILES string of the molecule is Cn1cc(CNCc2ccc(-n3cccn3)nc2)c(-c2cccnc2)n1. The van der Waals surface area contributed by atoms with E-state index in [2.05, 4.69) is 31.5 Å². The number of aromatic nitrogens is 6. The third kappa shape index (κ3) is 3.52. The molecule has 0 amide bonds. The lowest BCUT2D eigenvalue weighted by molar-refractivity contribution is 0.689. The molecule has 0 aliphatic carbocycles. The molecule has 4 aromatic rings. The number of pyridine rings is 2. The van der Waals surface area contributed by atoms with Gasteiger partial charge in [-0.2, -0.15) is 10.2 Å². The van der Waals surface area contributed by atoms with Crippen molar-refractivity contribution >= 4 is 0 Å². The average molecular weight is 345 g/mol. The Morgan fingerprint density at radius 2 is 2.00 bits per heavy atom. The molecule has 7 nitrogen and oxygen atoms in total. The molecule has 0 aliphatic rings. The van der Waals surface area contributed by atoms with Crippen molar-refractivity contribution in [1.29, 1.82) is 0 Å². The van der Waals surface area contributed by atoms with Gasteiger partial charge in [-0.15, -0.1) is 0 Å². The molecule has 4 aromatic heterocycles. The van der Waals surface area contributed by atoms with E-state index in [4.69, 9.17) is 0 Å². The van der Waals surface area contributed by atoms with Gasteiger partial charge in [-0.1, -0.05) is 6.07 Å². The molecule has 7 heteroatoms. The van der Waals surface area contributed by atoms with Gasteiger partial charge in [0.1, 0.15) is 0 Å². The summed E-state index contributed by atoms with van der Waals surface area (Å²) in [5.74, 6) is 0.810. The zero-order valence-electron chi connectivity index (χ0n) is 14.4. The van der Waals surface area contributed by atoms with Crippen molar-refractivity contribution in [2.75, 3.05) is 0 Å². The smallest absolute Gasteiger partial charge is 0.153 e. The summed E-state index contributed by atoms with van der Waals surface area (Å²) in [5.41, 5.74) is 4.24. The maximum Gasteiger partial charge on any atom is 0.153 e. The van der Waals surface area contributed by atoms with Crippen LogP contribution >= 0.6 is 0 Å². The maximum absolute atomic E-state index is 4.56. The van der Waals surface area contributed by atoms with Crippen LogP contribution < -0.4 is 5.32 Å². The highest BCUT2D eigenvalue weighted by molar-refractivity contribution is 5.61. The molecule has 130 valence electrons. The van der Waals surface area contributed by atoms with Crippen molar-refractivity contribution in [1.82, 2.24) is 34.8 Å². The number of hydrogen-bond acceptors (Lipinski definition) is 5. The van der Waals surface area contributed by atoms with Crippen molar-refractivity contribution in [2.24, 2.45) is 7.05 Å². The van der Waals surface area contributed by atoms with Crippen molar-refractivity contribution in [2.45, 2.75) is 13.1 Å². The summed E-state index contributed by atoms with van der Waals surface area (Å²) in [7, 11) is 1.93. The second kappa shape index (κ2) is 7.28. The van der Waals surface area contributed by atoms with Crippen LogP contribution in [0.25, 0.3) is 17.1 Å². The number of nitrogens with zero attached hydrogens (tertiary/aromatic N) is 6. The van der Waals surface area contributed by atoms with Crippen molar-refractivity contribution < 1.29 is 0 Å². The molecule has 4 rings (SSSR count). The van der Waals surface area contributed by atoms with Gasteiger partial charge in [0, 0.05) is 68.4 Å². The van der Waals surface area contributed by atoms with Crippen molar-refractivity contribution in [3.63, 3.8) is 0 Å². The van der Waals surface area contributed by atoms with E-state index in [0.29, 0.717) is 0 Å². The van der Waals surface area contributed by atoms with Crippen LogP contribution in [0.2, 0.25) is 0 Å². The number of nitrogens with one attached hydrogen (secondary N) is 1. The third-order valence-electron chi connectivity index (χ3n) is 4.03. The predicted molar refractivity (Wildman–Crippen MR) is 98.3 cm³/mol. The zero-order chi connectivity index (χ0) is 17.8. The van der Waals surface area contributed by atoms with Gasteiger partial charge in [-0.25, -0.2) is 9.67 Å². The molecule has 0 aliphatic heterocycles. The van der Waals surface area contributed by atoms with E-state index >= 15 is 0 Å². The molecule has 0 radical (unpaired) electrons. The maximum atomic E-state index is 4.56. The lowest BCUT2D eigenvalue weighted by Gasteiger charge is -2.06. The van der Waals surface area contributed by atoms with Gasteiger partial charge in [0.05, 0.1) is 5.69 Å². The molecular weight excluding hydrogens is 326 g/mol. The van der Waals surface area contributed by atoms with Crippen LogP contribution in [0.15, 0.2) is 67.5 Å². The van der Waals surface area contributed by atoms with Crippen LogP contribution in [0.3, 0.4) is 0 Å². The first kappa shape index (κ1) is 16.2. The Labute approximate surface area is 151 Å². The highest BCUT2D eigenvalue weighted by Crippen LogP contribution is 2.20. The highest BCUT2D eigenvalue weighted by atomic mass is 15.3. The van der Waals surface area contributed by atoms with Crippen LogP contribution in [0.1, 0.15) is 11.1 Å². The Balaban J connectivity index is 1.41. The lowest BCUT2D eigenvalue weighted by atomic mass is 10.1. The summed E-state index contributed by atoms with van der Waals surface area (Å²) in [5, 5.41) is 12.2. The molecule has 0 saturated carbocycles. The molecule has 0 bridgehead atoms. The first-order chi connectivity index (χ1) is 12.8. The van der Waals surface area contributed by atoms with E-state index < -0.39 is 0 Å². The van der Waals surface area contributed by atoms with Crippen LogP contribution in [0.4, 0.5) is 0 Å². The second-order valence-electron chi connectivity index (χ2n) is 6.00. The van der Waals surface area contributed by atoms with Gasteiger partial charge in [0.15, 0.2) is 5.82 Å². The molecule has 1 N–H and O–H groups in total. The average Bonchev–Trinajstić information content (AvgIpc) is 3.33. The molecular formula is C19H19N7. The Morgan fingerprint density at radius 1 is 1.04 bits per heavy atom. The molecule has 4 heterocycles. The van der Waals surface area contributed by atoms with E-state index in [0.717, 1.165) is 41.3 Å². The van der Waals surface area contributed by atoms with Gasteiger partial charge in [0.25, 0.3) is 0 Å². The molecule has 0 fully saturated rings. The van der Waals surface area contributed by atoms with Crippen LogP contribution in [0.5, 0.6) is 0 Å². The molecule has 0 saturated heterocycles. The molecule has 0 unspecified atom stereocenters. The summed E-state index contributed by atoms with van der Waals surface area (Å²) in [6, 6.07) is 9.85. The number of hydrogen-bond donors (Lipinski definition) is 1. The normalized spacial score (nSPS) is 11.0. The van der Waals surface area contributed by atoms with Gasteiger partial charge in [0.2, 0.25) is 0 Å². The zero-order valence-corrected chi connectivity index (χ0v) is 14.4. The lowest BCUT2D eigenvalue weighted by Crippen LogP contribution is -2.13. The Kier molecular flexibility index (Phi) is 4.53. The molecule has 0 spiro atoms. The minimum Gasteiger partial charge on any atom is -0.308 e. The van der Waals surface area contributed by atoms with Gasteiger partial charge >= 0.3 is 0 Å². The molecule has 0 atom stereocenters. The van der Waals surface area contributed by atoms with Crippen LogP contribution in [-0.2, 0) is 20.1 Å². The molecule has 26 heavy (non-hydrogen) atoms. The standard InChI is InChI=1S/C19H19N7/c1-25-14-17(19(24-25)16-4-2-7-20-12-16)13-21-10-15-5-6-18(22-11-15)26-9-3-8-23-26/h2-9,11-12,14,21H,10,13H2,1H3. The Morgan fingerprint density at radius 3 is 2.73 bits per heavy atom. The summed E-state index contributed by atoms with van der Waals surface area (Å²) in [4.78, 5) is 8.64. The van der Waals surface area contributed by atoms with Crippen molar-refractivity contribution in [3.8, 4) is 17.1 Å². The fraction of sp³-hybridized carbons (Fsp3) is 0.158. The van der Waals surface area contributed by atoms with Gasteiger partial charge in [-0.05, 0) is 29.8 Å². The largest absolute Gasteiger partial charge is 0.308 e. The van der Waals surface area contributed by atoms with E-state index in [1.165, 1.54) is 0 Å². The van der Waals surface area contributed by atoms with Crippen LogP contribution in [-0.4, -0.2) is 29.5 Å². The summed E-state index contributed by atoms with van der Waals surface area (Å²) in [6.45, 7) is 1.45. The summed E-state index contributed by atoms with van der Waals surface area (Å²) in [6.07, 6.45) is 11.1. The van der Waals surface area contributed by atoms with E-state index in [-0.39, 0.29) is 0 Å². The fourth-order valence-corrected chi connectivity index (χ4v) is 2.82. The summed E-state index contributed by atoms with van der Waals surface area (Å²) >= 11 is 0. The number of aryl methyl sites for hydroxylation is 1. The Hall–Kier alpha value is -3.32. The van der Waals surface area contributed by atoms with E-state index in [9.17, 15) is 0 Å². The Bertz CT molecular complexity index is 957. The van der Waals surface area contributed by atoms with E-state index in [1.54, 1.807) is 17.1 Å². The second-order valence-corrected chi connectivity index (χ2v) is 6.00. The third-order valence-corrected chi connectivity index (χ3v) is 4.03. The predicted octanol–water partition coefficient (Wildman–Crippen LogP) is 2.35. The monoisotopic (exact) mass is 345 g/mol. The van der Waals surface area contributed by atoms with E-state index in [1.807, 2.05) is 60.8 Å². The fourth-order valence-electron chi connectivity index (χ4n) is 2.82. The number of rotatable bonds is 6. The van der Waals surface area contributed by atoms with Gasteiger partial charge < -0.3 is 5.32 Å². The first-order valence-electron chi connectivity index (χ1n) is 8.38. The van der Waals surface area contributed by atoms with Crippen LogP contribution in [0, 0.1) is 0 Å². The van der Waals surface area contributed by atoms with Gasteiger partial charge in [-0.3, -0.25) is 9.67 Å². The minimum absolute atomic E-state index is 0.721. The summed E-state index contributed by atoms with van der Waals surface area (Å²) < 4.78 is 3.58. The highest BCUT2D eigenvalue weighted by Gasteiger charge is 2.10. The first-order valence-corrected chi connectivity index (χ1v) is 8.38. The van der Waals surface area contributed by atoms with Crippen molar-refractivity contribution in [3.05, 3.63) is 78.6 Å². The topological polar surface area (TPSA) is 73.5 Å². The minimum atomic E-state index is 0.721.